The lowest BCUT2D eigenvalue weighted by atomic mass is 9.71. The van der Waals surface area contributed by atoms with Crippen LogP contribution >= 0.6 is 22.6 Å². The summed E-state index contributed by atoms with van der Waals surface area (Å²) in [6, 6.07) is 10.5. The van der Waals surface area contributed by atoms with Crippen molar-refractivity contribution in [2.45, 2.75) is 32.1 Å². The Morgan fingerprint density at radius 1 is 1.18 bits per heavy atom. The molecule has 88 valence electrons. The van der Waals surface area contributed by atoms with Gasteiger partial charge >= 0.3 is 0 Å². The van der Waals surface area contributed by atoms with Crippen LogP contribution in [0.4, 0.5) is 0 Å². The Kier molecular flexibility index (Phi) is 4.22. The van der Waals surface area contributed by atoms with Gasteiger partial charge in [0.15, 0.2) is 0 Å². The number of benzene rings is 1. The smallest absolute Gasteiger partial charge is 0.133 e. The third-order valence-electron chi connectivity index (χ3n) is 3.46. The molecule has 0 atom stereocenters. The maximum Gasteiger partial charge on any atom is 0.133 e. The SMILES string of the molecule is O=C1CCC(C#CI)(Cc2ccccc2)CC1. The Morgan fingerprint density at radius 2 is 1.82 bits per heavy atom. The van der Waals surface area contributed by atoms with Crippen LogP contribution in [-0.2, 0) is 11.2 Å². The zero-order chi connectivity index (χ0) is 12.1. The van der Waals surface area contributed by atoms with Gasteiger partial charge in [0.2, 0.25) is 0 Å². The number of ketones is 1. The van der Waals surface area contributed by atoms with Gasteiger partial charge in [-0.2, -0.15) is 0 Å². The molecule has 0 heterocycles. The minimum absolute atomic E-state index is 0.0243. The monoisotopic (exact) mass is 338 g/mol. The van der Waals surface area contributed by atoms with E-state index < -0.39 is 0 Å². The van der Waals surface area contributed by atoms with Gasteiger partial charge in [0, 0.05) is 40.8 Å². The lowest BCUT2D eigenvalue weighted by molar-refractivity contribution is -0.121. The molecule has 1 saturated carbocycles. The first-order valence-corrected chi connectivity index (χ1v) is 7.00. The molecule has 0 saturated heterocycles. The van der Waals surface area contributed by atoms with Crippen LogP contribution in [0, 0.1) is 15.3 Å². The van der Waals surface area contributed by atoms with Crippen molar-refractivity contribution in [2.24, 2.45) is 5.41 Å². The quantitative estimate of drug-likeness (QED) is 0.593. The van der Waals surface area contributed by atoms with E-state index in [1.807, 2.05) is 6.07 Å². The highest BCUT2D eigenvalue weighted by atomic mass is 127. The molecule has 1 aromatic rings. The van der Waals surface area contributed by atoms with Gasteiger partial charge < -0.3 is 0 Å². The van der Waals surface area contributed by atoms with Crippen LogP contribution in [0.2, 0.25) is 0 Å². The Balaban J connectivity index is 2.17. The van der Waals surface area contributed by atoms with Gasteiger partial charge in [-0.3, -0.25) is 4.79 Å². The molecular formula is C15H15IO. The molecule has 0 unspecified atom stereocenters. The molecular weight excluding hydrogens is 323 g/mol. The fraction of sp³-hybridized carbons (Fsp3) is 0.400. The van der Waals surface area contributed by atoms with Crippen LogP contribution in [0.5, 0.6) is 0 Å². The third kappa shape index (κ3) is 3.32. The standard InChI is InChI=1S/C15H15IO/c16-11-10-15(8-6-14(17)7-9-15)12-13-4-2-1-3-5-13/h1-5H,6-9,12H2. The molecule has 1 nitrogen and oxygen atoms in total. The van der Waals surface area contributed by atoms with E-state index >= 15 is 0 Å². The molecule has 2 rings (SSSR count). The normalized spacial score (nSPS) is 18.3. The highest BCUT2D eigenvalue weighted by molar-refractivity contribution is 14.1. The molecule has 0 aromatic heterocycles. The average molecular weight is 338 g/mol. The zero-order valence-corrected chi connectivity index (χ0v) is 11.9. The summed E-state index contributed by atoms with van der Waals surface area (Å²) in [4.78, 5) is 11.4. The second-order valence-corrected chi connectivity index (χ2v) is 5.24. The summed E-state index contributed by atoms with van der Waals surface area (Å²) >= 11 is 2.10. The molecule has 2 heteroatoms. The van der Waals surface area contributed by atoms with Crippen molar-refractivity contribution in [3.8, 4) is 9.85 Å². The van der Waals surface area contributed by atoms with E-state index in [9.17, 15) is 4.79 Å². The van der Waals surface area contributed by atoms with Crippen molar-refractivity contribution < 1.29 is 4.79 Å². The van der Waals surface area contributed by atoms with Crippen molar-refractivity contribution in [1.29, 1.82) is 0 Å². The largest absolute Gasteiger partial charge is 0.300 e. The molecule has 0 aliphatic heterocycles. The van der Waals surface area contributed by atoms with Crippen molar-refractivity contribution in [2.75, 3.05) is 0 Å². The number of hydrogen-bond acceptors (Lipinski definition) is 1. The van der Waals surface area contributed by atoms with Gasteiger partial charge in [-0.25, -0.2) is 0 Å². The molecule has 0 N–H and O–H groups in total. The number of carbonyl (C=O) groups is 1. The summed E-state index contributed by atoms with van der Waals surface area (Å²) in [5, 5.41) is 0. The number of carbonyl (C=O) groups excluding carboxylic acids is 1. The van der Waals surface area contributed by atoms with Gasteiger partial charge in [0.25, 0.3) is 0 Å². The van der Waals surface area contributed by atoms with Crippen molar-refractivity contribution in [1.82, 2.24) is 0 Å². The van der Waals surface area contributed by atoms with E-state index in [1.165, 1.54) is 5.56 Å². The number of Topliss-reactive ketones (excluding diaryl/α,β-unsaturated/α-hetero) is 1. The zero-order valence-electron chi connectivity index (χ0n) is 9.71. The van der Waals surface area contributed by atoms with E-state index in [-0.39, 0.29) is 5.41 Å². The summed E-state index contributed by atoms with van der Waals surface area (Å²) in [5.74, 6) is 3.74. The average Bonchev–Trinajstić information content (AvgIpc) is 2.35. The number of hydrogen-bond donors (Lipinski definition) is 0. The minimum Gasteiger partial charge on any atom is -0.300 e. The second-order valence-electron chi connectivity index (χ2n) is 4.70. The number of rotatable bonds is 2. The fourth-order valence-electron chi connectivity index (χ4n) is 2.44. The highest BCUT2D eigenvalue weighted by Gasteiger charge is 2.33. The van der Waals surface area contributed by atoms with Gasteiger partial charge in [-0.05, 0) is 28.8 Å². The van der Waals surface area contributed by atoms with Crippen molar-refractivity contribution in [3.05, 3.63) is 35.9 Å². The molecule has 0 radical (unpaired) electrons. The lowest BCUT2D eigenvalue weighted by Crippen LogP contribution is -2.28. The Bertz CT molecular complexity index is 443. The lowest BCUT2D eigenvalue weighted by Gasteiger charge is -2.32. The van der Waals surface area contributed by atoms with Crippen LogP contribution in [0.3, 0.4) is 0 Å². The highest BCUT2D eigenvalue weighted by Crippen LogP contribution is 2.37. The van der Waals surface area contributed by atoms with E-state index in [1.54, 1.807) is 0 Å². The first-order valence-electron chi connectivity index (χ1n) is 5.93. The minimum atomic E-state index is 0.0243. The number of halogens is 1. The molecule has 17 heavy (non-hydrogen) atoms. The summed E-state index contributed by atoms with van der Waals surface area (Å²) in [6.07, 6.45) is 4.18. The third-order valence-corrected chi connectivity index (χ3v) is 3.73. The van der Waals surface area contributed by atoms with Crippen LogP contribution in [0.1, 0.15) is 31.2 Å². The van der Waals surface area contributed by atoms with E-state index in [4.69, 9.17) is 0 Å². The van der Waals surface area contributed by atoms with Gasteiger partial charge in [-0.15, -0.1) is 0 Å². The van der Waals surface area contributed by atoms with Crippen LogP contribution in [0.25, 0.3) is 0 Å². The Labute approximate surface area is 116 Å². The van der Waals surface area contributed by atoms with E-state index in [0.717, 1.165) is 19.3 Å². The topological polar surface area (TPSA) is 17.1 Å². The summed E-state index contributed by atoms with van der Waals surface area (Å²) < 4.78 is 3.02. The van der Waals surface area contributed by atoms with Gasteiger partial charge in [0.1, 0.15) is 5.78 Å². The first-order chi connectivity index (χ1) is 8.24. The van der Waals surface area contributed by atoms with E-state index in [0.29, 0.717) is 18.6 Å². The Morgan fingerprint density at radius 3 is 2.41 bits per heavy atom. The van der Waals surface area contributed by atoms with Crippen molar-refractivity contribution >= 4 is 28.4 Å². The van der Waals surface area contributed by atoms with Crippen LogP contribution in [-0.4, -0.2) is 5.78 Å². The predicted octanol–water partition coefficient (Wildman–Crippen LogP) is 3.75. The van der Waals surface area contributed by atoms with Gasteiger partial charge in [-0.1, -0.05) is 36.3 Å². The second kappa shape index (κ2) is 5.68. The molecule has 0 bridgehead atoms. The summed E-state index contributed by atoms with van der Waals surface area (Å²) in [6.45, 7) is 0. The maximum atomic E-state index is 11.4. The molecule has 1 aliphatic carbocycles. The predicted molar refractivity (Wildman–Crippen MR) is 77.9 cm³/mol. The maximum absolute atomic E-state index is 11.4. The molecule has 1 aliphatic rings. The van der Waals surface area contributed by atoms with Crippen LogP contribution < -0.4 is 0 Å². The molecule has 0 spiro atoms. The molecule has 1 aromatic carbocycles. The molecule has 0 amide bonds. The van der Waals surface area contributed by atoms with Gasteiger partial charge in [0.05, 0.1) is 0 Å². The summed E-state index contributed by atoms with van der Waals surface area (Å²) in [7, 11) is 0. The fourth-order valence-corrected chi connectivity index (χ4v) is 3.01. The van der Waals surface area contributed by atoms with Crippen molar-refractivity contribution in [3.63, 3.8) is 0 Å². The van der Waals surface area contributed by atoms with Crippen LogP contribution in [0.15, 0.2) is 30.3 Å². The summed E-state index contributed by atoms with van der Waals surface area (Å²) in [5.41, 5.74) is 1.34. The molecule has 1 fully saturated rings. The Hall–Kier alpha value is -0.820. The first kappa shape index (κ1) is 12.6. The van der Waals surface area contributed by atoms with E-state index in [2.05, 4.69) is 56.7 Å².